The van der Waals surface area contributed by atoms with E-state index in [2.05, 4.69) is 10.7 Å². The Morgan fingerprint density at radius 1 is 1.06 bits per heavy atom. The maximum atomic E-state index is 13.5. The lowest BCUT2D eigenvalue weighted by molar-refractivity contribution is -0.141. The minimum Gasteiger partial charge on any atom is -0.399 e. The second-order valence-electron chi connectivity index (χ2n) is 9.13. The van der Waals surface area contributed by atoms with Crippen LogP contribution in [0, 0.1) is 5.92 Å². The Balaban J connectivity index is 1.51. The highest BCUT2D eigenvalue weighted by Crippen LogP contribution is 2.27. The molecule has 9 heteroatoms. The van der Waals surface area contributed by atoms with Crippen LogP contribution in [0.5, 0.6) is 0 Å². The number of hydrogen-bond acceptors (Lipinski definition) is 6. The van der Waals surface area contributed by atoms with Crippen molar-refractivity contribution in [3.63, 3.8) is 0 Å². The van der Waals surface area contributed by atoms with E-state index >= 15 is 0 Å². The lowest BCUT2D eigenvalue weighted by Gasteiger charge is -2.28. The van der Waals surface area contributed by atoms with Gasteiger partial charge >= 0.3 is 0 Å². The molecule has 0 saturated carbocycles. The standard InChI is InChI=1S/C25H29N5O4/c1-15(2)12-19(28-23(32)16-8-10-18(26)11-9-16)25(34)30-22-20(13-27-30)29(14-21(22)31)24(33)17-6-4-3-5-7-17/h3-11,15,19-20,22,27H,12-14,26H2,1-2H3,(H,28,32)/t19-,20+,22-/m0/s1. The minimum absolute atomic E-state index is 0.0544. The Labute approximate surface area is 198 Å². The molecule has 0 bridgehead atoms. The Hall–Kier alpha value is -3.72. The van der Waals surface area contributed by atoms with Gasteiger partial charge in [0, 0.05) is 23.4 Å². The van der Waals surface area contributed by atoms with Gasteiger partial charge in [-0.05, 0) is 48.7 Å². The molecule has 2 aliphatic rings. The Kier molecular flexibility index (Phi) is 6.65. The number of anilines is 1. The zero-order valence-electron chi connectivity index (χ0n) is 19.2. The van der Waals surface area contributed by atoms with Crippen LogP contribution in [0.25, 0.3) is 0 Å². The average Bonchev–Trinajstić information content (AvgIpc) is 3.39. The van der Waals surface area contributed by atoms with Crippen molar-refractivity contribution < 1.29 is 19.2 Å². The first-order valence-corrected chi connectivity index (χ1v) is 11.4. The third kappa shape index (κ3) is 4.65. The average molecular weight is 464 g/mol. The normalized spacial score (nSPS) is 20.4. The smallest absolute Gasteiger partial charge is 0.260 e. The molecule has 0 aromatic heterocycles. The first-order chi connectivity index (χ1) is 16.3. The van der Waals surface area contributed by atoms with Gasteiger partial charge in [0.2, 0.25) is 0 Å². The number of rotatable bonds is 6. The van der Waals surface area contributed by atoms with Crippen molar-refractivity contribution in [1.29, 1.82) is 0 Å². The summed E-state index contributed by atoms with van der Waals surface area (Å²) >= 11 is 0. The number of hydrogen-bond donors (Lipinski definition) is 3. The molecule has 2 fully saturated rings. The number of nitrogens with one attached hydrogen (secondary N) is 2. The van der Waals surface area contributed by atoms with E-state index in [1.54, 1.807) is 48.5 Å². The number of likely N-dealkylation sites (tertiary alicyclic amines) is 1. The van der Waals surface area contributed by atoms with Crippen LogP contribution in [0.2, 0.25) is 0 Å². The first kappa shape index (κ1) is 23.4. The summed E-state index contributed by atoms with van der Waals surface area (Å²) in [5.41, 5.74) is 10.1. The molecule has 9 nitrogen and oxygen atoms in total. The summed E-state index contributed by atoms with van der Waals surface area (Å²) in [4.78, 5) is 53.7. The van der Waals surface area contributed by atoms with Crippen LogP contribution in [0.4, 0.5) is 5.69 Å². The van der Waals surface area contributed by atoms with Crippen molar-refractivity contribution >= 4 is 29.2 Å². The third-order valence-electron chi connectivity index (χ3n) is 6.17. The zero-order valence-corrected chi connectivity index (χ0v) is 19.2. The van der Waals surface area contributed by atoms with Gasteiger partial charge in [-0.25, -0.2) is 5.43 Å². The number of nitrogens with zero attached hydrogens (tertiary/aromatic N) is 2. The summed E-state index contributed by atoms with van der Waals surface area (Å²) in [7, 11) is 0. The highest BCUT2D eigenvalue weighted by molar-refractivity contribution is 6.03. The van der Waals surface area contributed by atoms with Crippen LogP contribution >= 0.6 is 0 Å². The van der Waals surface area contributed by atoms with E-state index in [1.165, 1.54) is 9.91 Å². The highest BCUT2D eigenvalue weighted by Gasteiger charge is 2.52. The summed E-state index contributed by atoms with van der Waals surface area (Å²) in [6.07, 6.45) is 0.399. The summed E-state index contributed by atoms with van der Waals surface area (Å²) in [6, 6.07) is 13.1. The molecule has 2 saturated heterocycles. The van der Waals surface area contributed by atoms with E-state index in [9.17, 15) is 19.2 Å². The van der Waals surface area contributed by atoms with Crippen molar-refractivity contribution in [2.45, 2.75) is 38.4 Å². The van der Waals surface area contributed by atoms with E-state index in [1.807, 2.05) is 19.9 Å². The van der Waals surface area contributed by atoms with Gasteiger partial charge in [0.15, 0.2) is 5.78 Å². The number of nitrogen functional groups attached to an aromatic ring is 1. The van der Waals surface area contributed by atoms with E-state index in [0.29, 0.717) is 23.2 Å². The van der Waals surface area contributed by atoms with Crippen molar-refractivity contribution in [2.24, 2.45) is 5.92 Å². The Bertz CT molecular complexity index is 1090. The number of ketones is 1. The molecule has 2 aromatic carbocycles. The summed E-state index contributed by atoms with van der Waals surface area (Å²) < 4.78 is 0. The molecule has 2 aliphatic heterocycles. The zero-order chi connectivity index (χ0) is 24.4. The van der Waals surface area contributed by atoms with Gasteiger partial charge in [-0.2, -0.15) is 0 Å². The predicted molar refractivity (Wildman–Crippen MR) is 126 cm³/mol. The Morgan fingerprint density at radius 2 is 1.74 bits per heavy atom. The van der Waals surface area contributed by atoms with E-state index in [-0.39, 0.29) is 30.7 Å². The number of benzene rings is 2. The van der Waals surface area contributed by atoms with Gasteiger partial charge in [-0.3, -0.25) is 24.2 Å². The van der Waals surface area contributed by atoms with Crippen LogP contribution < -0.4 is 16.5 Å². The monoisotopic (exact) mass is 463 g/mol. The van der Waals surface area contributed by atoms with Gasteiger partial charge in [0.25, 0.3) is 17.7 Å². The van der Waals surface area contributed by atoms with Gasteiger partial charge in [0.1, 0.15) is 12.1 Å². The number of amides is 3. The minimum atomic E-state index is -0.831. The van der Waals surface area contributed by atoms with Gasteiger partial charge in [-0.1, -0.05) is 32.0 Å². The number of carbonyl (C=O) groups is 4. The molecule has 0 spiro atoms. The maximum Gasteiger partial charge on any atom is 0.260 e. The van der Waals surface area contributed by atoms with Crippen LogP contribution in [0.1, 0.15) is 41.0 Å². The Morgan fingerprint density at radius 3 is 2.38 bits per heavy atom. The lowest BCUT2D eigenvalue weighted by atomic mass is 10.0. The van der Waals surface area contributed by atoms with Crippen molar-refractivity contribution in [3.8, 4) is 0 Å². The molecule has 4 N–H and O–H groups in total. The van der Waals surface area contributed by atoms with E-state index < -0.39 is 29.9 Å². The largest absolute Gasteiger partial charge is 0.399 e. The molecule has 3 atom stereocenters. The van der Waals surface area contributed by atoms with Crippen LogP contribution in [0.15, 0.2) is 54.6 Å². The molecule has 4 rings (SSSR count). The molecular formula is C25H29N5O4. The number of Topliss-reactive ketones (excluding diaryl/α,β-unsaturated/α-hetero) is 1. The fourth-order valence-electron chi connectivity index (χ4n) is 4.51. The van der Waals surface area contributed by atoms with Gasteiger partial charge in [-0.15, -0.1) is 0 Å². The third-order valence-corrected chi connectivity index (χ3v) is 6.17. The molecule has 178 valence electrons. The second kappa shape index (κ2) is 9.64. The molecule has 0 unspecified atom stereocenters. The van der Waals surface area contributed by atoms with Crippen molar-refractivity contribution in [3.05, 3.63) is 65.7 Å². The molecule has 34 heavy (non-hydrogen) atoms. The van der Waals surface area contributed by atoms with Crippen LogP contribution in [-0.2, 0) is 9.59 Å². The topological polar surface area (TPSA) is 125 Å². The van der Waals surface area contributed by atoms with E-state index in [0.717, 1.165) is 0 Å². The summed E-state index contributed by atoms with van der Waals surface area (Å²) in [5, 5.41) is 4.12. The van der Waals surface area contributed by atoms with E-state index in [4.69, 9.17) is 5.73 Å². The highest BCUT2D eigenvalue weighted by atomic mass is 16.2. The van der Waals surface area contributed by atoms with Crippen molar-refractivity contribution in [2.75, 3.05) is 18.8 Å². The quantitative estimate of drug-likeness (QED) is 0.554. The molecule has 2 heterocycles. The van der Waals surface area contributed by atoms with Gasteiger partial charge < -0.3 is 16.0 Å². The molecular weight excluding hydrogens is 434 g/mol. The molecule has 0 aliphatic carbocycles. The van der Waals surface area contributed by atoms with Crippen LogP contribution in [0.3, 0.4) is 0 Å². The summed E-state index contributed by atoms with van der Waals surface area (Å²) in [5.74, 6) is -1.12. The second-order valence-corrected chi connectivity index (χ2v) is 9.13. The van der Waals surface area contributed by atoms with Crippen molar-refractivity contribution in [1.82, 2.24) is 20.7 Å². The number of carbonyl (C=O) groups excluding carboxylic acids is 4. The van der Waals surface area contributed by atoms with Crippen LogP contribution in [-0.4, -0.2) is 64.6 Å². The van der Waals surface area contributed by atoms with Gasteiger partial charge in [0.05, 0.1) is 12.6 Å². The fraction of sp³-hybridized carbons (Fsp3) is 0.360. The number of fused-ring (bicyclic) bond motifs is 1. The predicted octanol–water partition coefficient (Wildman–Crippen LogP) is 1.22. The molecule has 0 radical (unpaired) electrons. The lowest BCUT2D eigenvalue weighted by Crippen LogP contribution is -2.55. The fourth-order valence-corrected chi connectivity index (χ4v) is 4.51. The number of hydrazine groups is 1. The SMILES string of the molecule is CC(C)C[C@H](NC(=O)c1ccc(N)cc1)C(=O)N1NC[C@@H]2[C@H]1C(=O)CN2C(=O)c1ccccc1. The summed E-state index contributed by atoms with van der Waals surface area (Å²) in [6.45, 7) is 4.13. The molecule has 2 aromatic rings. The molecule has 3 amide bonds. The maximum absolute atomic E-state index is 13.5. The number of nitrogens with two attached hydrogens (primary N) is 1. The first-order valence-electron chi connectivity index (χ1n) is 11.4.